The molecular weight excluding hydrogens is 860 g/mol. The first-order valence-corrected chi connectivity index (χ1v) is 23.9. The van der Waals surface area contributed by atoms with Crippen LogP contribution in [0.5, 0.6) is 0 Å². The van der Waals surface area contributed by atoms with Gasteiger partial charge in [-0.05, 0) is 151 Å². The summed E-state index contributed by atoms with van der Waals surface area (Å²) >= 11 is 9.72. The fourth-order valence-corrected chi connectivity index (χ4v) is 8.53. The Morgan fingerprint density at radius 2 is 1.35 bits per heavy atom. The van der Waals surface area contributed by atoms with Gasteiger partial charge in [-0.3, -0.25) is 9.97 Å². The van der Waals surface area contributed by atoms with E-state index in [2.05, 4.69) is 118 Å². The third-order valence-corrected chi connectivity index (χ3v) is 17.1. The molecule has 2 fully saturated rings. The van der Waals surface area contributed by atoms with Gasteiger partial charge in [0.25, 0.3) is 0 Å². The zero-order valence-electron chi connectivity index (χ0n) is 30.5. The molecule has 0 saturated heterocycles. The molecule has 272 valence electrons. The Balaban J connectivity index is 0.000000311. The zero-order chi connectivity index (χ0) is 36.7. The van der Waals surface area contributed by atoms with Crippen LogP contribution in [0.1, 0.15) is 107 Å². The molecule has 0 unspecified atom stereocenters. The van der Waals surface area contributed by atoms with E-state index in [1.165, 1.54) is 12.8 Å². The second-order valence-electron chi connectivity index (χ2n) is 16.1. The van der Waals surface area contributed by atoms with Crippen LogP contribution in [0.25, 0.3) is 0 Å². The van der Waals surface area contributed by atoms with Crippen molar-refractivity contribution in [2.24, 2.45) is 22.2 Å². The minimum atomic E-state index is -1.77. The minimum absolute atomic E-state index is 0.0886. The summed E-state index contributed by atoms with van der Waals surface area (Å²) in [6, 6.07) is -0.0886. The first-order valence-electron chi connectivity index (χ1n) is 16.3. The number of nitrogens with zero attached hydrogens (tertiary/aromatic N) is 5. The van der Waals surface area contributed by atoms with E-state index in [9.17, 15) is 8.42 Å². The van der Waals surface area contributed by atoms with Gasteiger partial charge >= 0.3 is 0 Å². The van der Waals surface area contributed by atoms with Gasteiger partial charge < -0.3 is 4.43 Å². The number of hydrogen-bond acceptors (Lipinski definition) is 7. The SMILES string of the molecule is Brc1cncc(Br)n1.CC(C)(C)[S@@](=O)N[C@H](c1cncc(Br)n1)C1CC(O[Si](C)(C)C(C)(C)C)C1.CC1CC(C=N[S@](=O)C(C)(C)C)C1. The molecular formula is C33H55Br3N6O3S2Si. The fourth-order valence-electron chi connectivity index (χ4n) is 4.47. The van der Waals surface area contributed by atoms with Crippen LogP contribution in [-0.4, -0.2) is 58.5 Å². The molecule has 0 spiro atoms. The standard InChI is InChI=1S/C19H34BrN3O2SSi.C10H19NOS.C4H2Br2N2/c1-18(2,3)26(24)23-17(15-11-21-12-16(20)22-15)13-9-14(10-13)25-27(7,8)19(4,5)6;1-8-5-9(6-8)7-11-13(12)10(2,3)4;5-3-1-7-2-4(6)8-3/h11-14,17,23H,9-10H2,1-8H3;7-9H,5-6H2,1-4H3;1-2H/t13?,14?,17-,26+;8?,9?,13-;/m01./s1. The van der Waals surface area contributed by atoms with Crippen LogP contribution in [0, 0.1) is 17.8 Å². The summed E-state index contributed by atoms with van der Waals surface area (Å²) in [6.45, 7) is 25.4. The second kappa shape index (κ2) is 18.5. The molecule has 1 N–H and O–H groups in total. The minimum Gasteiger partial charge on any atom is -0.414 e. The van der Waals surface area contributed by atoms with Crippen molar-refractivity contribution >= 4 is 84.3 Å². The van der Waals surface area contributed by atoms with E-state index >= 15 is 0 Å². The van der Waals surface area contributed by atoms with E-state index in [1.54, 1.807) is 24.8 Å². The van der Waals surface area contributed by atoms with Gasteiger partial charge in [-0.25, -0.2) is 23.1 Å². The smallest absolute Gasteiger partial charge is 0.192 e. The Morgan fingerprint density at radius 1 is 0.854 bits per heavy atom. The van der Waals surface area contributed by atoms with Crippen molar-refractivity contribution in [3.63, 3.8) is 0 Å². The van der Waals surface area contributed by atoms with Crippen molar-refractivity contribution in [3.8, 4) is 0 Å². The molecule has 2 saturated carbocycles. The van der Waals surface area contributed by atoms with Crippen molar-refractivity contribution in [2.75, 3.05) is 0 Å². The van der Waals surface area contributed by atoms with Crippen molar-refractivity contribution in [2.45, 2.75) is 135 Å². The van der Waals surface area contributed by atoms with Crippen LogP contribution in [0.2, 0.25) is 18.1 Å². The maximum Gasteiger partial charge on any atom is 0.192 e. The average molecular weight is 916 g/mol. The predicted octanol–water partition coefficient (Wildman–Crippen LogP) is 9.70. The Morgan fingerprint density at radius 3 is 1.75 bits per heavy atom. The van der Waals surface area contributed by atoms with Crippen LogP contribution < -0.4 is 4.72 Å². The molecule has 0 radical (unpaired) electrons. The number of halogens is 3. The quantitative estimate of drug-likeness (QED) is 0.207. The first-order chi connectivity index (χ1) is 21.9. The van der Waals surface area contributed by atoms with Gasteiger partial charge in [-0.1, -0.05) is 27.7 Å². The molecule has 0 aliphatic heterocycles. The molecule has 0 amide bonds. The van der Waals surface area contributed by atoms with Gasteiger partial charge in [0.2, 0.25) is 0 Å². The van der Waals surface area contributed by atoms with E-state index in [-0.39, 0.29) is 26.7 Å². The van der Waals surface area contributed by atoms with E-state index < -0.39 is 30.3 Å². The summed E-state index contributed by atoms with van der Waals surface area (Å²) < 4.78 is 39.8. The third kappa shape index (κ3) is 14.7. The topological polar surface area (TPSA) is 119 Å². The van der Waals surface area contributed by atoms with Gasteiger partial charge in [0.15, 0.2) is 8.32 Å². The molecule has 9 nitrogen and oxygen atoms in total. The highest BCUT2D eigenvalue weighted by molar-refractivity contribution is 9.11. The summed E-state index contributed by atoms with van der Waals surface area (Å²) in [6.07, 6.45) is 13.2. The highest BCUT2D eigenvalue weighted by atomic mass is 79.9. The van der Waals surface area contributed by atoms with E-state index in [0.717, 1.165) is 33.7 Å². The summed E-state index contributed by atoms with van der Waals surface area (Å²) in [5.74, 6) is 1.76. The van der Waals surface area contributed by atoms with Crippen LogP contribution >= 0.6 is 47.8 Å². The Hall–Kier alpha value is -0.293. The number of aromatic nitrogens is 4. The lowest BCUT2D eigenvalue weighted by molar-refractivity contribution is 0.0367. The summed E-state index contributed by atoms with van der Waals surface area (Å²) in [7, 11) is -4.01. The fraction of sp³-hybridized carbons (Fsp3) is 0.727. The van der Waals surface area contributed by atoms with Gasteiger partial charge in [0, 0.05) is 12.3 Å². The third-order valence-electron chi connectivity index (χ3n) is 8.48. The normalized spacial score (nSPS) is 23.4. The van der Waals surface area contributed by atoms with Gasteiger partial charge in [0.1, 0.15) is 24.8 Å². The molecule has 2 heterocycles. The molecule has 0 bridgehead atoms. The van der Waals surface area contributed by atoms with Gasteiger partial charge in [-0.2, -0.15) is 4.40 Å². The van der Waals surface area contributed by atoms with Gasteiger partial charge in [-0.15, -0.1) is 0 Å². The monoisotopic (exact) mass is 912 g/mol. The highest BCUT2D eigenvalue weighted by Gasteiger charge is 2.45. The zero-order valence-corrected chi connectivity index (χ0v) is 37.9. The maximum absolute atomic E-state index is 12.7. The lowest BCUT2D eigenvalue weighted by atomic mass is 9.76. The molecule has 3 atom stereocenters. The first kappa shape index (κ1) is 43.9. The molecule has 15 heteroatoms. The predicted molar refractivity (Wildman–Crippen MR) is 214 cm³/mol. The molecule has 48 heavy (non-hydrogen) atoms. The molecule has 2 aliphatic rings. The molecule has 2 aliphatic carbocycles. The Labute approximate surface area is 320 Å². The van der Waals surface area contributed by atoms with Crippen LogP contribution in [0.15, 0.2) is 43.0 Å². The van der Waals surface area contributed by atoms with Crippen LogP contribution in [-0.2, 0) is 26.4 Å². The maximum atomic E-state index is 12.7. The molecule has 0 aromatic carbocycles. The number of nitrogens with one attached hydrogen (secondary N) is 1. The highest BCUT2D eigenvalue weighted by Crippen LogP contribution is 2.45. The average Bonchev–Trinajstić information content (AvgIpc) is 2.90. The second-order valence-corrected chi connectivity index (χ2v) is 27.2. The Kier molecular flexibility index (Phi) is 16.9. The molecule has 2 aromatic rings. The number of rotatable bonds is 8. The van der Waals surface area contributed by atoms with Gasteiger partial charge in [0.05, 0.1) is 57.0 Å². The number of hydrogen-bond donors (Lipinski definition) is 1. The lowest BCUT2D eigenvalue weighted by Crippen LogP contribution is -2.50. The van der Waals surface area contributed by atoms with E-state index in [4.69, 9.17) is 4.43 Å². The lowest BCUT2D eigenvalue weighted by Gasteiger charge is -2.46. The summed E-state index contributed by atoms with van der Waals surface area (Å²) in [4.78, 5) is 16.6. The van der Waals surface area contributed by atoms with Crippen molar-refractivity contribution in [3.05, 3.63) is 44.3 Å². The molecule has 2 aromatic heterocycles. The summed E-state index contributed by atoms with van der Waals surface area (Å²) in [5, 5.41) is 0.208. The summed E-state index contributed by atoms with van der Waals surface area (Å²) in [5.41, 5.74) is 0.831. The van der Waals surface area contributed by atoms with Crippen LogP contribution in [0.3, 0.4) is 0 Å². The van der Waals surface area contributed by atoms with Crippen molar-refractivity contribution in [1.29, 1.82) is 0 Å². The molecule has 4 rings (SSSR count). The van der Waals surface area contributed by atoms with E-state index in [1.807, 2.05) is 47.8 Å². The largest absolute Gasteiger partial charge is 0.414 e. The van der Waals surface area contributed by atoms with Crippen molar-refractivity contribution in [1.82, 2.24) is 24.7 Å². The van der Waals surface area contributed by atoms with E-state index in [0.29, 0.717) is 16.4 Å². The van der Waals surface area contributed by atoms with Crippen LogP contribution in [0.4, 0.5) is 0 Å². The van der Waals surface area contributed by atoms with Crippen molar-refractivity contribution < 1.29 is 12.8 Å². The Bertz CT molecular complexity index is 1390.